The van der Waals surface area contributed by atoms with Gasteiger partial charge in [-0.25, -0.2) is 0 Å². The zero-order valence-corrected chi connectivity index (χ0v) is 16.0. The monoisotopic (exact) mass is 377 g/mol. The van der Waals surface area contributed by atoms with E-state index in [1.54, 1.807) is 18.2 Å². The van der Waals surface area contributed by atoms with Crippen molar-refractivity contribution < 1.29 is 9.53 Å². The van der Waals surface area contributed by atoms with E-state index in [1.165, 1.54) is 5.56 Å². The Bertz CT molecular complexity index is 944. The molecule has 2 aliphatic heterocycles. The van der Waals surface area contributed by atoms with Crippen molar-refractivity contribution in [3.8, 4) is 5.88 Å². The standard InChI is InChI=1S/C21H23N5O2/c1-14(13-23-22-2)16-8-9-18(24-19(16)28-3)26-11-10-21(20(26)27)12-15-6-4-5-7-17(15)25-21/h4-9,13,23,25H,2,10-12H2,1,3H3/b14-13+. The molecular formula is C21H23N5O2. The first-order valence-corrected chi connectivity index (χ1v) is 9.19. The van der Waals surface area contributed by atoms with E-state index in [1.807, 2.05) is 37.3 Å². The first-order chi connectivity index (χ1) is 13.6. The molecular weight excluding hydrogens is 354 g/mol. The number of hydrazone groups is 1. The molecule has 1 atom stereocenters. The van der Waals surface area contributed by atoms with Gasteiger partial charge in [-0.2, -0.15) is 10.1 Å². The second-order valence-corrected chi connectivity index (χ2v) is 7.09. The van der Waals surface area contributed by atoms with Crippen LogP contribution in [-0.4, -0.2) is 36.8 Å². The molecule has 144 valence electrons. The number of carbonyl (C=O) groups is 1. The maximum atomic E-state index is 13.3. The molecule has 3 heterocycles. The molecule has 1 saturated heterocycles. The third-order valence-corrected chi connectivity index (χ3v) is 5.41. The number of carbonyl (C=O) groups excluding carboxylic acids is 1. The lowest BCUT2D eigenvalue weighted by Gasteiger charge is -2.24. The van der Waals surface area contributed by atoms with Crippen LogP contribution in [0.15, 0.2) is 47.7 Å². The van der Waals surface area contributed by atoms with Crippen LogP contribution in [0.1, 0.15) is 24.5 Å². The van der Waals surface area contributed by atoms with Crippen LogP contribution in [0.25, 0.3) is 5.57 Å². The van der Waals surface area contributed by atoms with E-state index in [2.05, 4.69) is 33.6 Å². The first kappa shape index (κ1) is 18.0. The summed E-state index contributed by atoms with van der Waals surface area (Å²) in [6.45, 7) is 5.93. The Balaban J connectivity index is 1.61. The molecule has 7 heteroatoms. The second kappa shape index (κ2) is 6.99. The SMILES string of the molecule is C=NN/C=C(\C)c1ccc(N2CCC3(Cc4ccccc4N3)C2=O)nc1OC. The van der Waals surface area contributed by atoms with Gasteiger partial charge in [0.2, 0.25) is 5.88 Å². The second-order valence-electron chi connectivity index (χ2n) is 7.09. The van der Waals surface area contributed by atoms with Gasteiger partial charge in [0.15, 0.2) is 0 Å². The van der Waals surface area contributed by atoms with Crippen LogP contribution < -0.4 is 20.4 Å². The Hall–Kier alpha value is -3.35. The van der Waals surface area contributed by atoms with E-state index in [-0.39, 0.29) is 5.91 Å². The third-order valence-electron chi connectivity index (χ3n) is 5.41. The molecule has 1 spiro atoms. The molecule has 28 heavy (non-hydrogen) atoms. The number of para-hydroxylation sites is 1. The fourth-order valence-electron chi connectivity index (χ4n) is 3.95. The topological polar surface area (TPSA) is 78.9 Å². The molecule has 1 fully saturated rings. The van der Waals surface area contributed by atoms with Crippen LogP contribution >= 0.6 is 0 Å². The quantitative estimate of drug-likeness (QED) is 0.619. The number of methoxy groups -OCH3 is 1. The van der Waals surface area contributed by atoms with Gasteiger partial charge in [0.25, 0.3) is 5.91 Å². The number of anilines is 2. The molecule has 2 aromatic rings. The van der Waals surface area contributed by atoms with E-state index in [9.17, 15) is 4.79 Å². The van der Waals surface area contributed by atoms with Crippen molar-refractivity contribution in [3.05, 3.63) is 53.7 Å². The molecule has 1 aromatic heterocycles. The van der Waals surface area contributed by atoms with Crippen molar-refractivity contribution >= 4 is 29.7 Å². The highest BCUT2D eigenvalue weighted by Gasteiger charge is 2.50. The van der Waals surface area contributed by atoms with Gasteiger partial charge in [0.1, 0.15) is 11.4 Å². The highest BCUT2D eigenvalue weighted by atomic mass is 16.5. The van der Waals surface area contributed by atoms with Gasteiger partial charge < -0.3 is 10.1 Å². The predicted octanol–water partition coefficient (Wildman–Crippen LogP) is 2.80. The highest BCUT2D eigenvalue weighted by Crippen LogP contribution is 2.40. The third kappa shape index (κ3) is 2.89. The van der Waals surface area contributed by atoms with Gasteiger partial charge >= 0.3 is 0 Å². The number of allylic oxidation sites excluding steroid dienone is 1. The summed E-state index contributed by atoms with van der Waals surface area (Å²) >= 11 is 0. The Morgan fingerprint density at radius 1 is 1.39 bits per heavy atom. The summed E-state index contributed by atoms with van der Waals surface area (Å²) in [5.41, 5.74) is 6.09. The zero-order chi connectivity index (χ0) is 19.7. The van der Waals surface area contributed by atoms with Crippen molar-refractivity contribution in [2.75, 3.05) is 23.9 Å². The normalized spacial score (nSPS) is 20.9. The molecule has 2 aliphatic rings. The van der Waals surface area contributed by atoms with Crippen LogP contribution in [0.4, 0.5) is 11.5 Å². The van der Waals surface area contributed by atoms with Crippen molar-refractivity contribution in [1.82, 2.24) is 10.4 Å². The van der Waals surface area contributed by atoms with Crippen molar-refractivity contribution in [3.63, 3.8) is 0 Å². The molecule has 1 aromatic carbocycles. The van der Waals surface area contributed by atoms with E-state index in [4.69, 9.17) is 4.74 Å². The molecule has 1 amide bonds. The summed E-state index contributed by atoms with van der Waals surface area (Å²) in [5.74, 6) is 1.12. The maximum Gasteiger partial charge on any atom is 0.254 e. The highest BCUT2D eigenvalue weighted by molar-refractivity contribution is 6.05. The number of nitrogens with zero attached hydrogens (tertiary/aromatic N) is 3. The average molecular weight is 377 g/mol. The fourth-order valence-corrected chi connectivity index (χ4v) is 3.95. The molecule has 7 nitrogen and oxygen atoms in total. The number of hydrogen-bond acceptors (Lipinski definition) is 6. The van der Waals surface area contributed by atoms with E-state index in [0.29, 0.717) is 24.7 Å². The molecule has 0 aliphatic carbocycles. The summed E-state index contributed by atoms with van der Waals surface area (Å²) < 4.78 is 5.47. The average Bonchev–Trinajstić information content (AvgIpc) is 3.25. The molecule has 4 rings (SSSR count). The van der Waals surface area contributed by atoms with E-state index in [0.717, 1.165) is 23.2 Å². The van der Waals surface area contributed by atoms with Crippen LogP contribution in [0.5, 0.6) is 5.88 Å². The Morgan fingerprint density at radius 3 is 2.96 bits per heavy atom. The Kier molecular flexibility index (Phi) is 4.50. The maximum absolute atomic E-state index is 13.3. The van der Waals surface area contributed by atoms with Gasteiger partial charge in [-0.15, -0.1) is 0 Å². The van der Waals surface area contributed by atoms with Gasteiger partial charge in [-0.3, -0.25) is 15.1 Å². The van der Waals surface area contributed by atoms with E-state index < -0.39 is 5.54 Å². The smallest absolute Gasteiger partial charge is 0.254 e. The molecule has 0 saturated carbocycles. The number of benzene rings is 1. The van der Waals surface area contributed by atoms with Crippen molar-refractivity contribution in [2.24, 2.45) is 5.10 Å². The summed E-state index contributed by atoms with van der Waals surface area (Å²) in [5, 5.41) is 7.06. The number of nitrogens with one attached hydrogen (secondary N) is 2. The van der Waals surface area contributed by atoms with Gasteiger partial charge in [-0.1, -0.05) is 18.2 Å². The van der Waals surface area contributed by atoms with Crippen LogP contribution in [0, 0.1) is 0 Å². The minimum absolute atomic E-state index is 0.0517. The van der Waals surface area contributed by atoms with Gasteiger partial charge in [-0.05, 0) is 42.7 Å². The number of ether oxygens (including phenoxy) is 1. The number of amides is 1. The fraction of sp³-hybridized carbons (Fsp3) is 0.286. The largest absolute Gasteiger partial charge is 0.481 e. The molecule has 0 bridgehead atoms. The summed E-state index contributed by atoms with van der Waals surface area (Å²) in [7, 11) is 1.57. The lowest BCUT2D eigenvalue weighted by molar-refractivity contribution is -0.120. The lowest BCUT2D eigenvalue weighted by Crippen LogP contribution is -2.45. The van der Waals surface area contributed by atoms with Gasteiger partial charge in [0.05, 0.1) is 7.11 Å². The molecule has 1 unspecified atom stereocenters. The Labute approximate surface area is 164 Å². The van der Waals surface area contributed by atoms with Gasteiger partial charge in [0, 0.05) is 37.1 Å². The number of hydrogen-bond donors (Lipinski definition) is 2. The van der Waals surface area contributed by atoms with Crippen LogP contribution in [-0.2, 0) is 11.2 Å². The number of rotatable bonds is 5. The number of pyridine rings is 1. The summed E-state index contributed by atoms with van der Waals surface area (Å²) in [4.78, 5) is 19.6. The molecule has 0 radical (unpaired) electrons. The minimum atomic E-state index is -0.577. The number of fused-ring (bicyclic) bond motifs is 1. The number of aromatic nitrogens is 1. The summed E-state index contributed by atoms with van der Waals surface area (Å²) in [6.07, 6.45) is 3.16. The van der Waals surface area contributed by atoms with Crippen LogP contribution in [0.3, 0.4) is 0 Å². The first-order valence-electron chi connectivity index (χ1n) is 9.19. The minimum Gasteiger partial charge on any atom is -0.481 e. The van der Waals surface area contributed by atoms with Crippen molar-refractivity contribution in [2.45, 2.75) is 25.3 Å². The van der Waals surface area contributed by atoms with E-state index >= 15 is 0 Å². The van der Waals surface area contributed by atoms with Crippen LogP contribution in [0.2, 0.25) is 0 Å². The molecule has 2 N–H and O–H groups in total. The Morgan fingerprint density at radius 2 is 2.21 bits per heavy atom. The lowest BCUT2D eigenvalue weighted by atomic mass is 9.94. The van der Waals surface area contributed by atoms with Crippen molar-refractivity contribution in [1.29, 1.82) is 0 Å². The zero-order valence-electron chi connectivity index (χ0n) is 16.0. The summed E-state index contributed by atoms with van der Waals surface area (Å²) in [6, 6.07) is 11.9. The predicted molar refractivity (Wildman–Crippen MR) is 111 cm³/mol.